The van der Waals surface area contributed by atoms with Crippen LogP contribution in [0.5, 0.6) is 0 Å². The molecule has 2 rings (SSSR count). The molecule has 110 valence electrons. The number of nitrogens with one attached hydrogen (secondary N) is 2. The maximum absolute atomic E-state index is 12.2. The van der Waals surface area contributed by atoms with Crippen LogP contribution in [0.4, 0.5) is 4.79 Å². The first-order chi connectivity index (χ1) is 9.31. The minimum atomic E-state index is 0.0848. The van der Waals surface area contributed by atoms with Gasteiger partial charge < -0.3 is 20.3 Å². The highest BCUT2D eigenvalue weighted by atomic mass is 16.5. The first kappa shape index (κ1) is 14.6. The summed E-state index contributed by atoms with van der Waals surface area (Å²) in [5.74, 6) is 0. The summed E-state index contributed by atoms with van der Waals surface area (Å²) in [6.07, 6.45) is 0.978. The van der Waals surface area contributed by atoms with Crippen molar-refractivity contribution in [1.82, 2.24) is 20.4 Å². The molecule has 0 radical (unpaired) electrons. The average Bonchev–Trinajstić information content (AvgIpc) is 2.39. The summed E-state index contributed by atoms with van der Waals surface area (Å²) in [5, 5.41) is 6.22. The highest BCUT2D eigenvalue weighted by Crippen LogP contribution is 2.06. The summed E-state index contributed by atoms with van der Waals surface area (Å²) < 4.78 is 5.34. The number of rotatable bonds is 6. The quantitative estimate of drug-likeness (QED) is 0.696. The number of amides is 2. The molecule has 6 heteroatoms. The third-order valence-corrected chi connectivity index (χ3v) is 3.75. The number of carbonyl (C=O) groups is 1. The van der Waals surface area contributed by atoms with Gasteiger partial charge in [0.25, 0.3) is 0 Å². The van der Waals surface area contributed by atoms with Gasteiger partial charge in [0.1, 0.15) is 0 Å². The van der Waals surface area contributed by atoms with Crippen LogP contribution in [0.25, 0.3) is 0 Å². The van der Waals surface area contributed by atoms with Crippen LogP contribution in [0.1, 0.15) is 13.3 Å². The lowest BCUT2D eigenvalue weighted by molar-refractivity contribution is 0.0320. The SMILES string of the molecule is CCCNC(=O)N(CCN1CCOCC1)C1CNC1. The molecule has 0 aromatic carbocycles. The van der Waals surface area contributed by atoms with Crippen molar-refractivity contribution in [2.45, 2.75) is 19.4 Å². The molecule has 2 fully saturated rings. The number of hydrogen-bond donors (Lipinski definition) is 2. The fourth-order valence-corrected chi connectivity index (χ4v) is 2.35. The van der Waals surface area contributed by atoms with Gasteiger partial charge in [-0.1, -0.05) is 6.92 Å². The Bertz CT molecular complexity index is 278. The van der Waals surface area contributed by atoms with E-state index in [9.17, 15) is 4.79 Å². The monoisotopic (exact) mass is 270 g/mol. The van der Waals surface area contributed by atoms with Crippen LogP contribution < -0.4 is 10.6 Å². The van der Waals surface area contributed by atoms with Crippen molar-refractivity contribution in [3.63, 3.8) is 0 Å². The molecule has 2 saturated heterocycles. The molecule has 0 aromatic heterocycles. The molecule has 0 saturated carbocycles. The lowest BCUT2D eigenvalue weighted by atomic mass is 10.1. The molecule has 2 N–H and O–H groups in total. The summed E-state index contributed by atoms with van der Waals surface area (Å²) in [4.78, 5) is 16.5. The molecule has 2 amide bonds. The van der Waals surface area contributed by atoms with Crippen molar-refractivity contribution in [3.8, 4) is 0 Å². The van der Waals surface area contributed by atoms with E-state index in [1.165, 1.54) is 0 Å². The number of morpholine rings is 1. The zero-order valence-electron chi connectivity index (χ0n) is 11.9. The summed E-state index contributed by atoms with van der Waals surface area (Å²) >= 11 is 0. The Kier molecular flexibility index (Phi) is 5.88. The van der Waals surface area contributed by atoms with Gasteiger partial charge in [-0.15, -0.1) is 0 Å². The van der Waals surface area contributed by atoms with E-state index in [-0.39, 0.29) is 6.03 Å². The second-order valence-electron chi connectivity index (χ2n) is 5.19. The Morgan fingerprint density at radius 1 is 1.42 bits per heavy atom. The van der Waals surface area contributed by atoms with Crippen LogP contribution >= 0.6 is 0 Å². The van der Waals surface area contributed by atoms with Gasteiger partial charge in [0.2, 0.25) is 0 Å². The predicted octanol–water partition coefficient (Wildman–Crippen LogP) is -0.288. The highest BCUT2D eigenvalue weighted by Gasteiger charge is 2.28. The largest absolute Gasteiger partial charge is 0.379 e. The maximum atomic E-state index is 12.2. The first-order valence-electron chi connectivity index (χ1n) is 7.36. The molecule has 2 aliphatic heterocycles. The molecule has 0 atom stereocenters. The first-order valence-corrected chi connectivity index (χ1v) is 7.36. The molecule has 0 aromatic rings. The van der Waals surface area contributed by atoms with Gasteiger partial charge >= 0.3 is 6.03 Å². The normalized spacial score (nSPS) is 20.9. The van der Waals surface area contributed by atoms with Crippen LogP contribution in [0.15, 0.2) is 0 Å². The van der Waals surface area contributed by atoms with Crippen LogP contribution in [0.3, 0.4) is 0 Å². The average molecular weight is 270 g/mol. The third kappa shape index (κ3) is 4.33. The summed E-state index contributed by atoms with van der Waals surface area (Å²) in [6.45, 7) is 10.0. The van der Waals surface area contributed by atoms with E-state index in [1.807, 2.05) is 4.90 Å². The van der Waals surface area contributed by atoms with E-state index in [1.54, 1.807) is 0 Å². The summed E-state index contributed by atoms with van der Waals surface area (Å²) in [5.41, 5.74) is 0. The van der Waals surface area contributed by atoms with E-state index >= 15 is 0 Å². The van der Waals surface area contributed by atoms with Gasteiger partial charge in [-0.2, -0.15) is 0 Å². The molecule has 2 aliphatic rings. The van der Waals surface area contributed by atoms with Gasteiger partial charge in [0.05, 0.1) is 19.3 Å². The van der Waals surface area contributed by atoms with Gasteiger partial charge in [0, 0.05) is 45.8 Å². The Labute approximate surface area is 115 Å². The predicted molar refractivity (Wildman–Crippen MR) is 74.3 cm³/mol. The van der Waals surface area contributed by atoms with Gasteiger partial charge in [-0.3, -0.25) is 4.90 Å². The molecule has 0 spiro atoms. The minimum absolute atomic E-state index is 0.0848. The number of ether oxygens (including phenoxy) is 1. The molecule has 0 unspecified atom stereocenters. The lowest BCUT2D eigenvalue weighted by Gasteiger charge is -2.39. The zero-order valence-corrected chi connectivity index (χ0v) is 11.9. The summed E-state index contributed by atoms with van der Waals surface area (Å²) in [6, 6.07) is 0.444. The van der Waals surface area contributed by atoms with E-state index in [4.69, 9.17) is 4.74 Å². The fourth-order valence-electron chi connectivity index (χ4n) is 2.35. The Balaban J connectivity index is 1.77. The van der Waals surface area contributed by atoms with Crippen molar-refractivity contribution < 1.29 is 9.53 Å². The maximum Gasteiger partial charge on any atom is 0.317 e. The van der Waals surface area contributed by atoms with Gasteiger partial charge in [-0.25, -0.2) is 4.79 Å². The zero-order chi connectivity index (χ0) is 13.5. The van der Waals surface area contributed by atoms with Crippen molar-refractivity contribution in [2.75, 3.05) is 59.0 Å². The second-order valence-corrected chi connectivity index (χ2v) is 5.19. The van der Waals surface area contributed by atoms with E-state index in [0.29, 0.717) is 6.04 Å². The van der Waals surface area contributed by atoms with Crippen molar-refractivity contribution in [1.29, 1.82) is 0 Å². The van der Waals surface area contributed by atoms with Crippen LogP contribution in [0.2, 0.25) is 0 Å². The topological polar surface area (TPSA) is 56.8 Å². The Morgan fingerprint density at radius 2 is 2.16 bits per heavy atom. The molecule has 2 heterocycles. The van der Waals surface area contributed by atoms with E-state index in [0.717, 1.165) is 65.4 Å². The van der Waals surface area contributed by atoms with Crippen LogP contribution in [-0.2, 0) is 4.74 Å². The number of urea groups is 1. The molecule has 19 heavy (non-hydrogen) atoms. The van der Waals surface area contributed by atoms with Gasteiger partial charge in [0.15, 0.2) is 0 Å². The number of nitrogens with zero attached hydrogens (tertiary/aromatic N) is 2. The standard InChI is InChI=1S/C13H26N4O2/c1-2-3-15-13(18)17(12-10-14-11-12)5-4-16-6-8-19-9-7-16/h12,14H,2-11H2,1H3,(H,15,18). The minimum Gasteiger partial charge on any atom is -0.379 e. The highest BCUT2D eigenvalue weighted by molar-refractivity contribution is 5.74. The molecule has 0 bridgehead atoms. The lowest BCUT2D eigenvalue weighted by Crippen LogP contribution is -2.62. The molecular formula is C13H26N4O2. The van der Waals surface area contributed by atoms with Gasteiger partial charge in [-0.05, 0) is 6.42 Å². The number of hydrogen-bond acceptors (Lipinski definition) is 4. The molecule has 6 nitrogen and oxygen atoms in total. The van der Waals surface area contributed by atoms with Crippen molar-refractivity contribution in [3.05, 3.63) is 0 Å². The van der Waals surface area contributed by atoms with E-state index in [2.05, 4.69) is 22.5 Å². The van der Waals surface area contributed by atoms with Crippen LogP contribution in [0, 0.1) is 0 Å². The third-order valence-electron chi connectivity index (χ3n) is 3.75. The fraction of sp³-hybridized carbons (Fsp3) is 0.923. The van der Waals surface area contributed by atoms with Crippen LogP contribution in [-0.4, -0.2) is 80.9 Å². The second kappa shape index (κ2) is 7.67. The molecular weight excluding hydrogens is 244 g/mol. The molecule has 0 aliphatic carbocycles. The smallest absolute Gasteiger partial charge is 0.317 e. The van der Waals surface area contributed by atoms with E-state index < -0.39 is 0 Å². The summed E-state index contributed by atoms with van der Waals surface area (Å²) in [7, 11) is 0. The Morgan fingerprint density at radius 3 is 2.74 bits per heavy atom. The van der Waals surface area contributed by atoms with Crippen molar-refractivity contribution in [2.24, 2.45) is 0 Å². The Hall–Kier alpha value is -0.850. The number of carbonyl (C=O) groups excluding carboxylic acids is 1. The van der Waals surface area contributed by atoms with Crippen molar-refractivity contribution >= 4 is 6.03 Å².